The molecule has 0 aliphatic heterocycles. The van der Waals surface area contributed by atoms with Gasteiger partial charge in [0.05, 0.1) is 0 Å². The molecule has 0 radical (unpaired) electrons. The van der Waals surface area contributed by atoms with Gasteiger partial charge in [0.25, 0.3) is 5.91 Å². The van der Waals surface area contributed by atoms with Crippen LogP contribution in [0.2, 0.25) is 0 Å². The molecule has 1 heterocycles. The van der Waals surface area contributed by atoms with Crippen molar-refractivity contribution < 1.29 is 14.7 Å². The Bertz CT molecular complexity index is 363. The summed E-state index contributed by atoms with van der Waals surface area (Å²) in [7, 11) is 0. The van der Waals surface area contributed by atoms with Crippen LogP contribution in [0.5, 0.6) is 0 Å². The van der Waals surface area contributed by atoms with E-state index in [1.54, 1.807) is 19.1 Å². The van der Waals surface area contributed by atoms with Crippen molar-refractivity contribution in [2.24, 2.45) is 0 Å². The minimum Gasteiger partial charge on any atom is -0.480 e. The van der Waals surface area contributed by atoms with Crippen LogP contribution in [0.25, 0.3) is 0 Å². The second-order valence-electron chi connectivity index (χ2n) is 2.74. The van der Waals surface area contributed by atoms with Crippen LogP contribution in [-0.2, 0) is 4.79 Å². The average Bonchev–Trinajstić information content (AvgIpc) is 2.14. The van der Waals surface area contributed by atoms with E-state index in [1.165, 1.54) is 6.07 Å². The van der Waals surface area contributed by atoms with Gasteiger partial charge in [-0.2, -0.15) is 0 Å². The van der Waals surface area contributed by atoms with Crippen LogP contribution < -0.4 is 5.32 Å². The lowest BCUT2D eigenvalue weighted by atomic mass is 10.3. The van der Waals surface area contributed by atoms with E-state index < -0.39 is 18.4 Å². The van der Waals surface area contributed by atoms with Crippen molar-refractivity contribution in [1.29, 1.82) is 0 Å². The zero-order valence-corrected chi connectivity index (χ0v) is 7.65. The first-order valence-electron chi connectivity index (χ1n) is 4.03. The van der Waals surface area contributed by atoms with Gasteiger partial charge in [-0.15, -0.1) is 0 Å². The zero-order chi connectivity index (χ0) is 10.6. The molecule has 1 amide bonds. The largest absolute Gasteiger partial charge is 0.480 e. The summed E-state index contributed by atoms with van der Waals surface area (Å²) in [4.78, 5) is 25.4. The van der Waals surface area contributed by atoms with Crippen molar-refractivity contribution >= 4 is 11.9 Å². The molecule has 2 N–H and O–H groups in total. The van der Waals surface area contributed by atoms with E-state index in [0.717, 1.165) is 0 Å². The molecule has 0 unspecified atom stereocenters. The van der Waals surface area contributed by atoms with Crippen LogP contribution in [0.3, 0.4) is 0 Å². The second-order valence-corrected chi connectivity index (χ2v) is 2.74. The Hall–Kier alpha value is -1.91. The SMILES string of the molecule is Cc1cccc(C(=O)NCC(=O)O)n1. The predicted molar refractivity (Wildman–Crippen MR) is 48.9 cm³/mol. The lowest BCUT2D eigenvalue weighted by molar-refractivity contribution is -0.135. The summed E-state index contributed by atoms with van der Waals surface area (Å²) in [5, 5.41) is 10.6. The summed E-state index contributed by atoms with van der Waals surface area (Å²) >= 11 is 0. The van der Waals surface area contributed by atoms with Gasteiger partial charge in [0.15, 0.2) is 0 Å². The van der Waals surface area contributed by atoms with E-state index in [4.69, 9.17) is 5.11 Å². The molecule has 5 nitrogen and oxygen atoms in total. The van der Waals surface area contributed by atoms with E-state index in [-0.39, 0.29) is 5.69 Å². The molecule has 0 spiro atoms. The number of carboxylic acids is 1. The Morgan fingerprint density at radius 2 is 2.21 bits per heavy atom. The maximum absolute atomic E-state index is 11.3. The van der Waals surface area contributed by atoms with E-state index >= 15 is 0 Å². The standard InChI is InChI=1S/C9H10N2O3/c1-6-3-2-4-7(11-6)9(14)10-5-8(12)13/h2-4H,5H2,1H3,(H,10,14)(H,12,13). The minimum atomic E-state index is -1.08. The summed E-state index contributed by atoms with van der Waals surface area (Å²) in [5.41, 5.74) is 0.944. The monoisotopic (exact) mass is 194 g/mol. The molecule has 1 aromatic heterocycles. The highest BCUT2D eigenvalue weighted by Crippen LogP contribution is 1.97. The van der Waals surface area contributed by atoms with Gasteiger partial charge >= 0.3 is 5.97 Å². The Morgan fingerprint density at radius 3 is 2.79 bits per heavy atom. The second kappa shape index (κ2) is 4.36. The van der Waals surface area contributed by atoms with Crippen molar-refractivity contribution in [3.63, 3.8) is 0 Å². The lowest BCUT2D eigenvalue weighted by Gasteiger charge is -2.01. The molecule has 1 aromatic rings. The van der Waals surface area contributed by atoms with Crippen molar-refractivity contribution in [1.82, 2.24) is 10.3 Å². The number of nitrogens with zero attached hydrogens (tertiary/aromatic N) is 1. The smallest absolute Gasteiger partial charge is 0.322 e. The van der Waals surface area contributed by atoms with E-state index in [2.05, 4.69) is 10.3 Å². The number of aryl methyl sites for hydroxylation is 1. The molecule has 0 saturated heterocycles. The van der Waals surface area contributed by atoms with Crippen molar-refractivity contribution in [3.05, 3.63) is 29.6 Å². The first kappa shape index (κ1) is 10.2. The Morgan fingerprint density at radius 1 is 1.50 bits per heavy atom. The molecule has 5 heteroatoms. The van der Waals surface area contributed by atoms with Gasteiger partial charge < -0.3 is 10.4 Å². The summed E-state index contributed by atoms with van der Waals surface area (Å²) in [6.07, 6.45) is 0. The number of carbonyl (C=O) groups is 2. The fourth-order valence-corrected chi connectivity index (χ4v) is 0.916. The number of hydrogen-bond acceptors (Lipinski definition) is 3. The first-order chi connectivity index (χ1) is 6.59. The van der Waals surface area contributed by atoms with Gasteiger partial charge in [0.2, 0.25) is 0 Å². The molecular weight excluding hydrogens is 184 g/mol. The third-order valence-electron chi connectivity index (χ3n) is 1.52. The maximum Gasteiger partial charge on any atom is 0.322 e. The topological polar surface area (TPSA) is 79.3 Å². The summed E-state index contributed by atoms with van der Waals surface area (Å²) in [5.74, 6) is -1.55. The van der Waals surface area contributed by atoms with Gasteiger partial charge in [-0.25, -0.2) is 4.98 Å². The van der Waals surface area contributed by atoms with Gasteiger partial charge in [0, 0.05) is 5.69 Å². The fraction of sp³-hybridized carbons (Fsp3) is 0.222. The molecule has 14 heavy (non-hydrogen) atoms. The third kappa shape index (κ3) is 2.85. The van der Waals surface area contributed by atoms with Crippen molar-refractivity contribution in [3.8, 4) is 0 Å². The maximum atomic E-state index is 11.3. The number of rotatable bonds is 3. The molecule has 74 valence electrons. The number of pyridine rings is 1. The number of nitrogens with one attached hydrogen (secondary N) is 1. The molecule has 0 atom stereocenters. The number of carbonyl (C=O) groups excluding carboxylic acids is 1. The molecule has 1 rings (SSSR count). The highest BCUT2D eigenvalue weighted by molar-refractivity contribution is 5.94. The number of aliphatic carboxylic acids is 1. The summed E-state index contributed by atoms with van der Waals surface area (Å²) < 4.78 is 0. The van der Waals surface area contributed by atoms with Crippen LogP contribution in [0.15, 0.2) is 18.2 Å². The third-order valence-corrected chi connectivity index (χ3v) is 1.52. The molecule has 0 aliphatic carbocycles. The van der Waals surface area contributed by atoms with Gasteiger partial charge in [-0.3, -0.25) is 9.59 Å². The highest BCUT2D eigenvalue weighted by Gasteiger charge is 2.07. The fourth-order valence-electron chi connectivity index (χ4n) is 0.916. The Balaban J connectivity index is 2.65. The first-order valence-corrected chi connectivity index (χ1v) is 4.03. The Labute approximate surface area is 80.8 Å². The molecule has 0 saturated carbocycles. The minimum absolute atomic E-state index is 0.228. The number of hydrogen-bond donors (Lipinski definition) is 2. The van der Waals surface area contributed by atoms with Crippen LogP contribution >= 0.6 is 0 Å². The van der Waals surface area contributed by atoms with Gasteiger partial charge in [0.1, 0.15) is 12.2 Å². The van der Waals surface area contributed by atoms with E-state index in [0.29, 0.717) is 5.69 Å². The molecule has 0 bridgehead atoms. The van der Waals surface area contributed by atoms with Crippen LogP contribution in [-0.4, -0.2) is 28.5 Å². The number of aromatic nitrogens is 1. The summed E-state index contributed by atoms with van der Waals surface area (Å²) in [6, 6.07) is 4.98. The quantitative estimate of drug-likeness (QED) is 0.720. The molecular formula is C9H10N2O3. The normalized spacial score (nSPS) is 9.50. The molecule has 0 fully saturated rings. The number of amides is 1. The van der Waals surface area contributed by atoms with E-state index in [1.807, 2.05) is 0 Å². The number of carboxylic acid groups (broad SMARTS) is 1. The van der Waals surface area contributed by atoms with Gasteiger partial charge in [-0.05, 0) is 19.1 Å². The van der Waals surface area contributed by atoms with E-state index in [9.17, 15) is 9.59 Å². The molecule has 0 aromatic carbocycles. The van der Waals surface area contributed by atoms with Crippen LogP contribution in [0.1, 0.15) is 16.2 Å². The Kier molecular flexibility index (Phi) is 3.17. The predicted octanol–water partition coefficient (Wildman–Crippen LogP) is 0.204. The average molecular weight is 194 g/mol. The van der Waals surface area contributed by atoms with Crippen molar-refractivity contribution in [2.45, 2.75) is 6.92 Å². The van der Waals surface area contributed by atoms with Crippen LogP contribution in [0.4, 0.5) is 0 Å². The van der Waals surface area contributed by atoms with Crippen LogP contribution in [0, 0.1) is 6.92 Å². The van der Waals surface area contributed by atoms with Crippen molar-refractivity contribution in [2.75, 3.05) is 6.54 Å². The zero-order valence-electron chi connectivity index (χ0n) is 7.65. The highest BCUT2D eigenvalue weighted by atomic mass is 16.4. The van der Waals surface area contributed by atoms with Gasteiger partial charge in [-0.1, -0.05) is 6.07 Å². The molecule has 0 aliphatic rings. The summed E-state index contributed by atoms with van der Waals surface area (Å²) in [6.45, 7) is 1.36. The lowest BCUT2D eigenvalue weighted by Crippen LogP contribution is -2.29.